The van der Waals surface area contributed by atoms with Crippen molar-refractivity contribution in [3.05, 3.63) is 88.4 Å². The minimum Gasteiger partial charge on any atom is -0.494 e. The summed E-state index contributed by atoms with van der Waals surface area (Å²) in [4.78, 5) is 12.9. The number of ether oxygens (including phenoxy) is 1. The number of benzene rings is 3. The summed E-state index contributed by atoms with van der Waals surface area (Å²) in [5, 5.41) is 3.24. The molecule has 6 nitrogen and oxygen atoms in total. The second-order valence-corrected chi connectivity index (χ2v) is 9.85. The first-order valence-corrected chi connectivity index (χ1v) is 12.4. The molecule has 0 saturated heterocycles. The third kappa shape index (κ3) is 6.06. The van der Waals surface area contributed by atoms with Crippen molar-refractivity contribution in [2.75, 3.05) is 17.5 Å². The third-order valence-corrected chi connectivity index (χ3v) is 7.26. The molecule has 3 aromatic rings. The lowest BCUT2D eigenvalue weighted by Gasteiger charge is -2.25. The Morgan fingerprint density at radius 1 is 1.00 bits per heavy atom. The summed E-state index contributed by atoms with van der Waals surface area (Å²) in [6.07, 6.45) is 0. The van der Waals surface area contributed by atoms with Gasteiger partial charge in [-0.3, -0.25) is 9.10 Å². The molecule has 0 heterocycles. The molecule has 0 spiro atoms. The standard InChI is InChI=1S/C25H27ClN2O4S/c1-4-32-24-8-6-5-7-20(24)16-27-25(29)17-28(22-12-9-18(2)19(3)15-22)33(30,31)23-13-10-21(26)11-14-23/h5-15H,4,16-17H2,1-3H3,(H,27,29). The highest BCUT2D eigenvalue weighted by Gasteiger charge is 2.27. The van der Waals surface area contributed by atoms with Gasteiger partial charge in [-0.25, -0.2) is 8.42 Å². The molecule has 0 bridgehead atoms. The average molecular weight is 487 g/mol. The van der Waals surface area contributed by atoms with Crippen LogP contribution in [0, 0.1) is 13.8 Å². The van der Waals surface area contributed by atoms with Crippen LogP contribution in [-0.2, 0) is 21.4 Å². The van der Waals surface area contributed by atoms with E-state index < -0.39 is 15.9 Å². The molecule has 0 aliphatic carbocycles. The van der Waals surface area contributed by atoms with Crippen molar-refractivity contribution in [1.29, 1.82) is 0 Å². The minimum atomic E-state index is -4.01. The molecule has 3 rings (SSSR count). The second kappa shape index (κ2) is 10.7. The van der Waals surface area contributed by atoms with Crippen molar-refractivity contribution < 1.29 is 17.9 Å². The summed E-state index contributed by atoms with van der Waals surface area (Å²) in [6.45, 7) is 6.08. The fourth-order valence-corrected chi connectivity index (χ4v) is 4.79. The second-order valence-electron chi connectivity index (χ2n) is 7.55. The smallest absolute Gasteiger partial charge is 0.264 e. The molecule has 0 saturated carbocycles. The molecule has 0 radical (unpaired) electrons. The van der Waals surface area contributed by atoms with Crippen molar-refractivity contribution in [3.63, 3.8) is 0 Å². The third-order valence-electron chi connectivity index (χ3n) is 5.22. The number of sulfonamides is 1. The molecule has 8 heteroatoms. The Hall–Kier alpha value is -3.03. The largest absolute Gasteiger partial charge is 0.494 e. The van der Waals surface area contributed by atoms with Gasteiger partial charge in [0, 0.05) is 17.1 Å². The Balaban J connectivity index is 1.87. The maximum atomic E-state index is 13.5. The highest BCUT2D eigenvalue weighted by molar-refractivity contribution is 7.92. The highest BCUT2D eigenvalue weighted by Crippen LogP contribution is 2.26. The molecule has 33 heavy (non-hydrogen) atoms. The normalized spacial score (nSPS) is 11.2. The molecule has 174 valence electrons. The van der Waals surface area contributed by atoms with Gasteiger partial charge >= 0.3 is 0 Å². The molecule has 3 aromatic carbocycles. The Kier molecular flexibility index (Phi) is 8.00. The van der Waals surface area contributed by atoms with E-state index in [1.54, 1.807) is 12.1 Å². The quantitative estimate of drug-likeness (QED) is 0.468. The van der Waals surface area contributed by atoms with Gasteiger partial charge in [-0.2, -0.15) is 0 Å². The van der Waals surface area contributed by atoms with E-state index in [1.807, 2.05) is 51.1 Å². The Bertz CT molecular complexity index is 1230. The van der Waals surface area contributed by atoms with Crippen LogP contribution < -0.4 is 14.4 Å². The van der Waals surface area contributed by atoms with Gasteiger partial charge in [0.2, 0.25) is 5.91 Å². The van der Waals surface area contributed by atoms with E-state index in [2.05, 4.69) is 5.32 Å². The van der Waals surface area contributed by atoms with Crippen LogP contribution in [0.25, 0.3) is 0 Å². The van der Waals surface area contributed by atoms with Crippen LogP contribution in [0.15, 0.2) is 71.6 Å². The van der Waals surface area contributed by atoms with Crippen LogP contribution in [0.5, 0.6) is 5.75 Å². The van der Waals surface area contributed by atoms with Gasteiger partial charge in [-0.15, -0.1) is 0 Å². The van der Waals surface area contributed by atoms with Gasteiger partial charge in [0.05, 0.1) is 17.2 Å². The van der Waals surface area contributed by atoms with Crippen LogP contribution >= 0.6 is 11.6 Å². The van der Waals surface area contributed by atoms with Crippen LogP contribution in [0.1, 0.15) is 23.6 Å². The number of rotatable bonds is 9. The predicted octanol–water partition coefficient (Wildman–Crippen LogP) is 4.87. The van der Waals surface area contributed by atoms with Gasteiger partial charge in [0.1, 0.15) is 12.3 Å². The van der Waals surface area contributed by atoms with E-state index in [-0.39, 0.29) is 18.0 Å². The first-order chi connectivity index (χ1) is 15.7. The van der Waals surface area contributed by atoms with Gasteiger partial charge in [-0.05, 0) is 74.4 Å². The van der Waals surface area contributed by atoms with Crippen molar-refractivity contribution in [2.45, 2.75) is 32.2 Å². The van der Waals surface area contributed by atoms with Crippen LogP contribution in [0.3, 0.4) is 0 Å². The van der Waals surface area contributed by atoms with Gasteiger partial charge in [0.25, 0.3) is 10.0 Å². The first kappa shape index (κ1) is 24.6. The number of carbonyl (C=O) groups is 1. The maximum Gasteiger partial charge on any atom is 0.264 e. The summed E-state index contributed by atoms with van der Waals surface area (Å²) in [5.41, 5.74) is 3.18. The number of aryl methyl sites for hydroxylation is 2. The van der Waals surface area contributed by atoms with Crippen molar-refractivity contribution in [1.82, 2.24) is 5.32 Å². The van der Waals surface area contributed by atoms with Gasteiger partial charge in [0.15, 0.2) is 0 Å². The molecule has 1 N–H and O–H groups in total. The highest BCUT2D eigenvalue weighted by atomic mass is 35.5. The summed E-state index contributed by atoms with van der Waals surface area (Å²) in [5.74, 6) is 0.247. The molecular formula is C25H27ClN2O4S. The summed E-state index contributed by atoms with van der Waals surface area (Å²) >= 11 is 5.93. The van der Waals surface area contributed by atoms with E-state index in [1.165, 1.54) is 24.3 Å². The molecule has 0 unspecified atom stereocenters. The Labute approximate surface area is 200 Å². The summed E-state index contributed by atoms with van der Waals surface area (Å²) in [6, 6.07) is 18.6. The van der Waals surface area contributed by atoms with Crippen LogP contribution in [-0.4, -0.2) is 27.5 Å². The first-order valence-electron chi connectivity index (χ1n) is 10.6. The lowest BCUT2D eigenvalue weighted by atomic mass is 10.1. The Morgan fingerprint density at radius 3 is 2.36 bits per heavy atom. The predicted molar refractivity (Wildman–Crippen MR) is 131 cm³/mol. The molecule has 0 aliphatic heterocycles. The lowest BCUT2D eigenvalue weighted by Crippen LogP contribution is -2.40. The summed E-state index contributed by atoms with van der Waals surface area (Å²) < 4.78 is 33.7. The fraction of sp³-hybridized carbons (Fsp3) is 0.240. The number of anilines is 1. The van der Waals surface area contributed by atoms with E-state index in [0.717, 1.165) is 21.0 Å². The van der Waals surface area contributed by atoms with E-state index in [4.69, 9.17) is 16.3 Å². The van der Waals surface area contributed by atoms with Crippen molar-refractivity contribution in [2.24, 2.45) is 0 Å². The SMILES string of the molecule is CCOc1ccccc1CNC(=O)CN(c1ccc(C)c(C)c1)S(=O)(=O)c1ccc(Cl)cc1. The fourth-order valence-electron chi connectivity index (χ4n) is 3.26. The number of nitrogens with one attached hydrogen (secondary N) is 1. The minimum absolute atomic E-state index is 0.0552. The van der Waals surface area contributed by atoms with Crippen LogP contribution in [0.4, 0.5) is 5.69 Å². The number of para-hydroxylation sites is 1. The van der Waals surface area contributed by atoms with Crippen molar-refractivity contribution in [3.8, 4) is 5.75 Å². The van der Waals surface area contributed by atoms with E-state index >= 15 is 0 Å². The topological polar surface area (TPSA) is 75.7 Å². The van der Waals surface area contributed by atoms with Gasteiger partial charge < -0.3 is 10.1 Å². The molecule has 1 amide bonds. The monoisotopic (exact) mass is 486 g/mol. The van der Waals surface area contributed by atoms with E-state index in [0.29, 0.717) is 23.1 Å². The zero-order valence-electron chi connectivity index (χ0n) is 18.8. The number of hydrogen-bond acceptors (Lipinski definition) is 4. The Morgan fingerprint density at radius 2 is 1.70 bits per heavy atom. The average Bonchev–Trinajstić information content (AvgIpc) is 2.79. The van der Waals surface area contributed by atoms with E-state index in [9.17, 15) is 13.2 Å². The molecule has 0 aromatic heterocycles. The molecular weight excluding hydrogens is 460 g/mol. The molecule has 0 aliphatic rings. The number of nitrogens with zero attached hydrogens (tertiary/aromatic N) is 1. The number of carbonyl (C=O) groups excluding carboxylic acids is 1. The van der Waals surface area contributed by atoms with Crippen molar-refractivity contribution >= 4 is 33.2 Å². The zero-order chi connectivity index (χ0) is 24.0. The molecule has 0 atom stereocenters. The number of hydrogen-bond donors (Lipinski definition) is 1. The lowest BCUT2D eigenvalue weighted by molar-refractivity contribution is -0.119. The number of halogens is 1. The van der Waals surface area contributed by atoms with Crippen LogP contribution in [0.2, 0.25) is 5.02 Å². The summed E-state index contributed by atoms with van der Waals surface area (Å²) in [7, 11) is -4.01. The zero-order valence-corrected chi connectivity index (χ0v) is 20.4. The maximum absolute atomic E-state index is 13.5. The molecule has 0 fully saturated rings. The van der Waals surface area contributed by atoms with Gasteiger partial charge in [-0.1, -0.05) is 35.9 Å². The number of amides is 1.